The third-order valence-electron chi connectivity index (χ3n) is 1.72. The summed E-state index contributed by atoms with van der Waals surface area (Å²) >= 11 is 5.75. The highest BCUT2D eigenvalue weighted by atomic mass is 35.5. The van der Waals surface area contributed by atoms with Crippen LogP contribution in [0.3, 0.4) is 0 Å². The van der Waals surface area contributed by atoms with Crippen LogP contribution >= 0.6 is 11.6 Å². The van der Waals surface area contributed by atoms with Crippen molar-refractivity contribution in [3.05, 3.63) is 34.9 Å². The van der Waals surface area contributed by atoms with Gasteiger partial charge in [0.05, 0.1) is 5.71 Å². The van der Waals surface area contributed by atoms with E-state index in [1.165, 1.54) is 0 Å². The maximum Gasteiger partial charge on any atom is 0.0756 e. The molecule has 2 rings (SSSR count). The Morgan fingerprint density at radius 1 is 1.17 bits per heavy atom. The van der Waals surface area contributed by atoms with Crippen molar-refractivity contribution >= 4 is 23.5 Å². The Hall–Kier alpha value is -1.15. The van der Waals surface area contributed by atoms with E-state index in [1.54, 1.807) is 6.21 Å². The largest absolute Gasteiger partial charge is 0.163 e. The molecule has 0 unspecified atom stereocenters. The van der Waals surface area contributed by atoms with Gasteiger partial charge in [0, 0.05) is 17.7 Å². The molecule has 0 bridgehead atoms. The molecule has 0 amide bonds. The van der Waals surface area contributed by atoms with Crippen molar-refractivity contribution in [1.82, 2.24) is 0 Å². The van der Waals surface area contributed by atoms with Gasteiger partial charge >= 0.3 is 0 Å². The molecule has 0 atom stereocenters. The summed E-state index contributed by atoms with van der Waals surface area (Å²) in [4.78, 5) is 0. The van der Waals surface area contributed by atoms with Crippen molar-refractivity contribution in [3.8, 4) is 0 Å². The molecule has 0 spiro atoms. The second-order valence-electron chi connectivity index (χ2n) is 2.56. The van der Waals surface area contributed by atoms with E-state index in [0.717, 1.165) is 22.7 Å². The van der Waals surface area contributed by atoms with Gasteiger partial charge < -0.3 is 0 Å². The number of hydrogen-bond acceptors (Lipinski definition) is 2. The zero-order valence-corrected chi connectivity index (χ0v) is 7.12. The molecule has 3 heteroatoms. The smallest absolute Gasteiger partial charge is 0.0756 e. The van der Waals surface area contributed by atoms with Gasteiger partial charge in [-0.25, -0.2) is 0 Å². The molecule has 0 saturated heterocycles. The summed E-state index contributed by atoms with van der Waals surface area (Å²) in [7, 11) is 0. The van der Waals surface area contributed by atoms with Crippen LogP contribution in [0.15, 0.2) is 34.5 Å². The summed E-state index contributed by atoms with van der Waals surface area (Å²) in [6, 6.07) is 7.63. The summed E-state index contributed by atoms with van der Waals surface area (Å²) in [6.07, 6.45) is 2.62. The Kier molecular flexibility index (Phi) is 1.92. The van der Waals surface area contributed by atoms with E-state index in [-0.39, 0.29) is 0 Å². The summed E-state index contributed by atoms with van der Waals surface area (Å²) in [5, 5.41) is 8.52. The van der Waals surface area contributed by atoms with Crippen LogP contribution in [0.4, 0.5) is 0 Å². The molecule has 1 aromatic rings. The zero-order chi connectivity index (χ0) is 8.39. The molecule has 60 valence electrons. The minimum Gasteiger partial charge on any atom is -0.163 e. The molecule has 0 radical (unpaired) electrons. The molecule has 12 heavy (non-hydrogen) atoms. The molecule has 1 aliphatic rings. The Bertz CT molecular complexity index is 338. The number of rotatable bonds is 1. The minimum absolute atomic E-state index is 0.748. The molecular formula is C9H7ClN2. The van der Waals surface area contributed by atoms with Gasteiger partial charge in [0.2, 0.25) is 0 Å². The molecule has 0 fully saturated rings. The molecule has 0 aliphatic carbocycles. The summed E-state index contributed by atoms with van der Waals surface area (Å²) in [5.74, 6) is 0. The van der Waals surface area contributed by atoms with Crippen molar-refractivity contribution in [1.29, 1.82) is 0 Å². The minimum atomic E-state index is 0.748. The number of hydrogen-bond donors (Lipinski definition) is 0. The first-order valence-electron chi connectivity index (χ1n) is 3.70. The Balaban J connectivity index is 2.30. The van der Waals surface area contributed by atoms with Crippen LogP contribution in [-0.4, -0.2) is 11.9 Å². The van der Waals surface area contributed by atoms with Gasteiger partial charge in [0.25, 0.3) is 0 Å². The van der Waals surface area contributed by atoms with E-state index in [0.29, 0.717) is 0 Å². The van der Waals surface area contributed by atoms with Crippen LogP contribution in [0.1, 0.15) is 12.0 Å². The second-order valence-corrected chi connectivity index (χ2v) is 2.99. The van der Waals surface area contributed by atoms with Gasteiger partial charge in [0.15, 0.2) is 0 Å². The lowest BCUT2D eigenvalue weighted by molar-refractivity contribution is 1.28. The monoisotopic (exact) mass is 178 g/mol. The average Bonchev–Trinajstić information content (AvgIpc) is 2.58. The van der Waals surface area contributed by atoms with Crippen molar-refractivity contribution in [2.45, 2.75) is 6.42 Å². The SMILES string of the molecule is Clc1ccc(C2=NN=CC2)cc1. The maximum atomic E-state index is 5.75. The van der Waals surface area contributed by atoms with E-state index in [9.17, 15) is 0 Å². The standard InChI is InChI=1S/C9H7ClN2/c10-8-3-1-7(2-4-8)9-5-6-11-12-9/h1-4,6H,5H2. The lowest BCUT2D eigenvalue weighted by Crippen LogP contribution is -1.96. The van der Waals surface area contributed by atoms with Crippen LogP contribution in [0.25, 0.3) is 0 Å². The number of halogens is 1. The van der Waals surface area contributed by atoms with Crippen LogP contribution < -0.4 is 0 Å². The van der Waals surface area contributed by atoms with E-state index < -0.39 is 0 Å². The Morgan fingerprint density at radius 3 is 2.50 bits per heavy atom. The van der Waals surface area contributed by atoms with Crippen molar-refractivity contribution < 1.29 is 0 Å². The molecule has 1 aliphatic heterocycles. The van der Waals surface area contributed by atoms with Gasteiger partial charge in [-0.15, -0.1) is 0 Å². The molecule has 0 saturated carbocycles. The van der Waals surface area contributed by atoms with Crippen molar-refractivity contribution in [2.24, 2.45) is 10.2 Å². The second kappa shape index (κ2) is 3.07. The fourth-order valence-electron chi connectivity index (χ4n) is 1.10. The van der Waals surface area contributed by atoms with Crippen LogP contribution in [-0.2, 0) is 0 Å². The first-order valence-corrected chi connectivity index (χ1v) is 4.08. The van der Waals surface area contributed by atoms with Gasteiger partial charge in [-0.1, -0.05) is 23.7 Å². The molecular weight excluding hydrogens is 172 g/mol. The summed E-state index contributed by atoms with van der Waals surface area (Å²) in [5.41, 5.74) is 2.10. The first-order chi connectivity index (χ1) is 5.86. The summed E-state index contributed by atoms with van der Waals surface area (Å²) in [6.45, 7) is 0. The number of nitrogens with zero attached hydrogens (tertiary/aromatic N) is 2. The Morgan fingerprint density at radius 2 is 1.92 bits per heavy atom. The van der Waals surface area contributed by atoms with Crippen LogP contribution in [0.5, 0.6) is 0 Å². The van der Waals surface area contributed by atoms with Gasteiger partial charge in [-0.2, -0.15) is 10.2 Å². The summed E-state index contributed by atoms with van der Waals surface area (Å²) < 4.78 is 0. The normalized spacial score (nSPS) is 14.9. The van der Waals surface area contributed by atoms with Gasteiger partial charge in [-0.05, 0) is 17.7 Å². The lowest BCUT2D eigenvalue weighted by atomic mass is 10.1. The van der Waals surface area contributed by atoms with Crippen molar-refractivity contribution in [2.75, 3.05) is 0 Å². The van der Waals surface area contributed by atoms with Crippen molar-refractivity contribution in [3.63, 3.8) is 0 Å². The molecule has 0 aromatic heterocycles. The predicted octanol–water partition coefficient (Wildman–Crippen LogP) is 2.52. The molecule has 1 heterocycles. The van der Waals surface area contributed by atoms with Gasteiger partial charge in [-0.3, -0.25) is 0 Å². The zero-order valence-electron chi connectivity index (χ0n) is 6.37. The highest BCUT2D eigenvalue weighted by molar-refractivity contribution is 6.30. The van der Waals surface area contributed by atoms with E-state index in [1.807, 2.05) is 24.3 Å². The quantitative estimate of drug-likeness (QED) is 0.632. The first kappa shape index (κ1) is 7.50. The van der Waals surface area contributed by atoms with Gasteiger partial charge in [0.1, 0.15) is 0 Å². The fraction of sp³-hybridized carbons (Fsp3) is 0.111. The molecule has 2 nitrogen and oxygen atoms in total. The van der Waals surface area contributed by atoms with E-state index >= 15 is 0 Å². The van der Waals surface area contributed by atoms with E-state index in [2.05, 4.69) is 10.2 Å². The highest BCUT2D eigenvalue weighted by Gasteiger charge is 2.04. The third kappa shape index (κ3) is 1.38. The Labute approximate surface area is 75.6 Å². The molecule has 0 N–H and O–H groups in total. The van der Waals surface area contributed by atoms with Crippen LogP contribution in [0, 0.1) is 0 Å². The maximum absolute atomic E-state index is 5.75. The molecule has 1 aromatic carbocycles. The average molecular weight is 179 g/mol. The highest BCUT2D eigenvalue weighted by Crippen LogP contribution is 2.12. The fourth-order valence-corrected chi connectivity index (χ4v) is 1.22. The van der Waals surface area contributed by atoms with Crippen LogP contribution in [0.2, 0.25) is 5.02 Å². The van der Waals surface area contributed by atoms with E-state index in [4.69, 9.17) is 11.6 Å². The lowest BCUT2D eigenvalue weighted by Gasteiger charge is -1.97. The third-order valence-corrected chi connectivity index (χ3v) is 1.97. The predicted molar refractivity (Wildman–Crippen MR) is 51.1 cm³/mol. The topological polar surface area (TPSA) is 24.7 Å². The number of benzene rings is 1.